The summed E-state index contributed by atoms with van der Waals surface area (Å²) in [6, 6.07) is 24.3. The third-order valence-electron chi connectivity index (χ3n) is 5.05. The Labute approximate surface area is 170 Å². The number of benzene rings is 3. The minimum Gasteiger partial charge on any atom is -0.342 e. The van der Waals surface area contributed by atoms with Crippen LogP contribution in [-0.2, 0) is 6.54 Å². The van der Waals surface area contributed by atoms with Gasteiger partial charge in [-0.2, -0.15) is 5.10 Å². The quantitative estimate of drug-likeness (QED) is 0.381. The molecule has 0 saturated carbocycles. The Morgan fingerprint density at radius 1 is 0.966 bits per heavy atom. The lowest BCUT2D eigenvalue weighted by Gasteiger charge is -2.06. The summed E-state index contributed by atoms with van der Waals surface area (Å²) in [7, 11) is 0. The van der Waals surface area contributed by atoms with Gasteiger partial charge in [0.25, 0.3) is 5.91 Å². The van der Waals surface area contributed by atoms with Gasteiger partial charge < -0.3 is 4.57 Å². The van der Waals surface area contributed by atoms with Crippen molar-refractivity contribution in [3.8, 4) is 0 Å². The average Bonchev–Trinajstić information content (AvgIpc) is 3.08. The van der Waals surface area contributed by atoms with Crippen LogP contribution in [0.5, 0.6) is 0 Å². The topological polar surface area (TPSA) is 46.4 Å². The van der Waals surface area contributed by atoms with Crippen LogP contribution in [0.15, 0.2) is 84.1 Å². The molecule has 0 atom stereocenters. The summed E-state index contributed by atoms with van der Waals surface area (Å²) in [6.45, 7) is 4.79. The number of para-hydroxylation sites is 1. The molecule has 29 heavy (non-hydrogen) atoms. The van der Waals surface area contributed by atoms with Gasteiger partial charge in [0.05, 0.1) is 6.21 Å². The Kier molecular flexibility index (Phi) is 5.25. The molecular formula is C25H23N3O. The maximum absolute atomic E-state index is 12.4. The van der Waals surface area contributed by atoms with Crippen molar-refractivity contribution in [2.24, 2.45) is 5.10 Å². The zero-order valence-corrected chi connectivity index (χ0v) is 16.6. The summed E-state index contributed by atoms with van der Waals surface area (Å²) in [5.74, 6) is -0.206. The number of aryl methyl sites for hydroxylation is 2. The summed E-state index contributed by atoms with van der Waals surface area (Å²) >= 11 is 0. The van der Waals surface area contributed by atoms with Crippen molar-refractivity contribution >= 4 is 23.0 Å². The second-order valence-electron chi connectivity index (χ2n) is 7.23. The molecule has 0 aliphatic rings. The second kappa shape index (κ2) is 8.15. The van der Waals surface area contributed by atoms with Crippen LogP contribution in [0.3, 0.4) is 0 Å². The Hall–Kier alpha value is -3.66. The van der Waals surface area contributed by atoms with Gasteiger partial charge in [-0.15, -0.1) is 0 Å². The largest absolute Gasteiger partial charge is 0.342 e. The molecule has 0 bridgehead atoms. The average molecular weight is 381 g/mol. The first-order valence-corrected chi connectivity index (χ1v) is 9.64. The van der Waals surface area contributed by atoms with E-state index in [4.69, 9.17) is 0 Å². The zero-order valence-electron chi connectivity index (χ0n) is 16.6. The van der Waals surface area contributed by atoms with Crippen LogP contribution in [0.1, 0.15) is 32.6 Å². The van der Waals surface area contributed by atoms with Crippen LogP contribution in [0.25, 0.3) is 10.9 Å². The molecule has 4 aromatic rings. The van der Waals surface area contributed by atoms with E-state index < -0.39 is 0 Å². The van der Waals surface area contributed by atoms with Crippen LogP contribution < -0.4 is 5.43 Å². The third-order valence-corrected chi connectivity index (χ3v) is 5.05. The molecule has 1 aromatic heterocycles. The summed E-state index contributed by atoms with van der Waals surface area (Å²) in [5.41, 5.74) is 8.80. The Bertz CT molecular complexity index is 1190. The van der Waals surface area contributed by atoms with E-state index in [2.05, 4.69) is 64.6 Å². The van der Waals surface area contributed by atoms with Gasteiger partial charge >= 0.3 is 0 Å². The van der Waals surface area contributed by atoms with E-state index in [0.717, 1.165) is 28.6 Å². The highest BCUT2D eigenvalue weighted by atomic mass is 16.2. The van der Waals surface area contributed by atoms with E-state index in [-0.39, 0.29) is 5.91 Å². The highest BCUT2D eigenvalue weighted by Gasteiger charge is 2.09. The monoisotopic (exact) mass is 381 g/mol. The number of hydrogen-bond donors (Lipinski definition) is 1. The van der Waals surface area contributed by atoms with Gasteiger partial charge in [0.15, 0.2) is 0 Å². The molecule has 0 aliphatic carbocycles. The molecule has 0 aliphatic heterocycles. The van der Waals surface area contributed by atoms with Gasteiger partial charge in [-0.1, -0.05) is 66.2 Å². The second-order valence-corrected chi connectivity index (χ2v) is 7.23. The molecule has 0 unspecified atom stereocenters. The van der Waals surface area contributed by atoms with Gasteiger partial charge in [0, 0.05) is 34.8 Å². The number of carbonyl (C=O) groups is 1. The number of hydrogen-bond acceptors (Lipinski definition) is 2. The number of aromatic nitrogens is 1. The molecule has 0 saturated heterocycles. The smallest absolute Gasteiger partial charge is 0.271 e. The molecule has 0 spiro atoms. The molecule has 1 N–H and O–H groups in total. The summed E-state index contributed by atoms with van der Waals surface area (Å²) in [4.78, 5) is 12.4. The number of nitrogens with one attached hydrogen (secondary N) is 1. The highest BCUT2D eigenvalue weighted by molar-refractivity contribution is 6.00. The van der Waals surface area contributed by atoms with E-state index in [1.54, 1.807) is 12.3 Å². The molecule has 0 fully saturated rings. The van der Waals surface area contributed by atoms with Crippen molar-refractivity contribution in [2.45, 2.75) is 20.4 Å². The first-order valence-electron chi connectivity index (χ1n) is 9.64. The maximum atomic E-state index is 12.4. The molecule has 4 rings (SSSR count). The zero-order chi connectivity index (χ0) is 20.2. The van der Waals surface area contributed by atoms with Gasteiger partial charge in [0.1, 0.15) is 0 Å². The highest BCUT2D eigenvalue weighted by Crippen LogP contribution is 2.21. The molecule has 144 valence electrons. The van der Waals surface area contributed by atoms with Crippen LogP contribution in [0.2, 0.25) is 0 Å². The van der Waals surface area contributed by atoms with Crippen molar-refractivity contribution < 1.29 is 4.79 Å². The van der Waals surface area contributed by atoms with Crippen molar-refractivity contribution in [1.82, 2.24) is 9.99 Å². The molecule has 1 amide bonds. The molecular weight excluding hydrogens is 358 g/mol. The number of hydrazone groups is 1. The normalized spacial score (nSPS) is 11.2. The third kappa shape index (κ3) is 4.11. The Morgan fingerprint density at radius 3 is 2.48 bits per heavy atom. The van der Waals surface area contributed by atoms with Crippen molar-refractivity contribution in [3.05, 3.63) is 107 Å². The first-order chi connectivity index (χ1) is 14.1. The molecule has 0 radical (unpaired) electrons. The number of fused-ring (bicyclic) bond motifs is 1. The number of carbonyl (C=O) groups excluding carboxylic acids is 1. The minimum absolute atomic E-state index is 0.206. The van der Waals surface area contributed by atoms with E-state index in [1.807, 2.05) is 37.3 Å². The predicted molar refractivity (Wildman–Crippen MR) is 118 cm³/mol. The van der Waals surface area contributed by atoms with Crippen molar-refractivity contribution in [1.29, 1.82) is 0 Å². The molecule has 4 heteroatoms. The van der Waals surface area contributed by atoms with Gasteiger partial charge in [-0.05, 0) is 37.1 Å². The lowest BCUT2D eigenvalue weighted by Crippen LogP contribution is -2.18. The van der Waals surface area contributed by atoms with E-state index in [0.29, 0.717) is 5.56 Å². The standard InChI is InChI=1S/C25H23N3O/c1-18-11-13-20(14-12-18)16-28-17-21(23-9-5-6-10-24(23)28)15-26-27-25(29)22-8-4-3-7-19(22)2/h3-15,17H,16H2,1-2H3,(H,27,29)/b26-15+. The van der Waals surface area contributed by atoms with Gasteiger partial charge in [-0.3, -0.25) is 4.79 Å². The van der Waals surface area contributed by atoms with E-state index in [9.17, 15) is 4.79 Å². The fourth-order valence-electron chi connectivity index (χ4n) is 3.45. The molecule has 4 nitrogen and oxygen atoms in total. The number of rotatable bonds is 5. The van der Waals surface area contributed by atoms with Gasteiger partial charge in [-0.25, -0.2) is 5.43 Å². The fourth-order valence-corrected chi connectivity index (χ4v) is 3.45. The maximum Gasteiger partial charge on any atom is 0.271 e. The fraction of sp³-hybridized carbons (Fsp3) is 0.120. The van der Waals surface area contributed by atoms with Crippen LogP contribution in [-0.4, -0.2) is 16.7 Å². The molecule has 3 aromatic carbocycles. The van der Waals surface area contributed by atoms with E-state index in [1.165, 1.54) is 11.1 Å². The van der Waals surface area contributed by atoms with Crippen molar-refractivity contribution in [3.63, 3.8) is 0 Å². The summed E-state index contributed by atoms with van der Waals surface area (Å²) in [5, 5.41) is 5.31. The number of nitrogens with zero attached hydrogens (tertiary/aromatic N) is 2. The van der Waals surface area contributed by atoms with Crippen LogP contribution >= 0.6 is 0 Å². The van der Waals surface area contributed by atoms with Crippen LogP contribution in [0.4, 0.5) is 0 Å². The SMILES string of the molecule is Cc1ccc(Cn2cc(/C=N/NC(=O)c3ccccc3C)c3ccccc32)cc1. The molecule has 1 heterocycles. The minimum atomic E-state index is -0.206. The van der Waals surface area contributed by atoms with Crippen LogP contribution in [0, 0.1) is 13.8 Å². The lowest BCUT2D eigenvalue weighted by atomic mass is 10.1. The first kappa shape index (κ1) is 18.7. The summed E-state index contributed by atoms with van der Waals surface area (Å²) < 4.78 is 2.21. The predicted octanol–water partition coefficient (Wildman–Crippen LogP) is 5.07. The Morgan fingerprint density at radius 2 is 1.69 bits per heavy atom. The van der Waals surface area contributed by atoms with E-state index >= 15 is 0 Å². The lowest BCUT2D eigenvalue weighted by molar-refractivity contribution is 0.0954. The van der Waals surface area contributed by atoms with Crippen molar-refractivity contribution in [2.75, 3.05) is 0 Å². The number of amides is 1. The van der Waals surface area contributed by atoms with Gasteiger partial charge in [0.2, 0.25) is 0 Å². The Balaban J connectivity index is 1.57. The summed E-state index contributed by atoms with van der Waals surface area (Å²) in [6.07, 6.45) is 3.79.